The molecule has 0 amide bonds. The second kappa shape index (κ2) is 11.3. The van der Waals surface area contributed by atoms with Crippen molar-refractivity contribution in [1.82, 2.24) is 0 Å². The summed E-state index contributed by atoms with van der Waals surface area (Å²) in [6.07, 6.45) is 4.31. The molecule has 0 rings (SSSR count). The van der Waals surface area contributed by atoms with Crippen molar-refractivity contribution >= 4 is 17.7 Å². The van der Waals surface area contributed by atoms with Crippen molar-refractivity contribution in [1.29, 1.82) is 0 Å². The molecular weight excluding hydrogens is 274 g/mol. The van der Waals surface area contributed by atoms with E-state index < -0.39 is 24.0 Å². The molecule has 3 N–H and O–H groups in total. The average molecular weight is 301 g/mol. The zero-order valence-corrected chi connectivity index (χ0v) is 13.0. The van der Waals surface area contributed by atoms with Crippen LogP contribution in [0.5, 0.6) is 0 Å². The highest BCUT2D eigenvalue weighted by atomic mass is 16.5. The second-order valence-corrected chi connectivity index (χ2v) is 5.25. The number of ketones is 1. The topological polar surface area (TPSA) is 107 Å². The molecule has 0 aromatic heterocycles. The largest absolute Gasteiger partial charge is 0.481 e. The highest BCUT2D eigenvalue weighted by molar-refractivity contribution is 5.85. The van der Waals surface area contributed by atoms with Gasteiger partial charge in [-0.3, -0.25) is 14.4 Å². The third-order valence-corrected chi connectivity index (χ3v) is 3.36. The highest BCUT2D eigenvalue weighted by Gasteiger charge is 2.29. The summed E-state index contributed by atoms with van der Waals surface area (Å²) < 4.78 is 5.11. The number of aliphatic carboxylic acids is 1. The van der Waals surface area contributed by atoms with Crippen LogP contribution in [0.15, 0.2) is 0 Å². The van der Waals surface area contributed by atoms with Gasteiger partial charge in [0.15, 0.2) is 0 Å². The van der Waals surface area contributed by atoms with Gasteiger partial charge in [-0.25, -0.2) is 0 Å². The van der Waals surface area contributed by atoms with Crippen LogP contribution in [0.3, 0.4) is 0 Å². The van der Waals surface area contributed by atoms with Crippen LogP contribution >= 0.6 is 0 Å². The van der Waals surface area contributed by atoms with Crippen molar-refractivity contribution in [2.75, 3.05) is 6.54 Å². The lowest BCUT2D eigenvalue weighted by molar-refractivity contribution is -0.159. The zero-order valence-electron chi connectivity index (χ0n) is 13.0. The van der Waals surface area contributed by atoms with Gasteiger partial charge in [0.05, 0.1) is 6.54 Å². The fourth-order valence-corrected chi connectivity index (χ4v) is 2.00. The number of carboxylic acid groups (broad SMARTS) is 1. The fraction of sp³-hybridized carbons (Fsp3) is 0.800. The van der Waals surface area contributed by atoms with Gasteiger partial charge in [-0.1, -0.05) is 32.6 Å². The van der Waals surface area contributed by atoms with E-state index in [-0.39, 0.29) is 25.2 Å². The van der Waals surface area contributed by atoms with Gasteiger partial charge in [0.2, 0.25) is 0 Å². The number of carbonyl (C=O) groups excluding carboxylic acids is 2. The van der Waals surface area contributed by atoms with Crippen molar-refractivity contribution in [3.8, 4) is 0 Å². The second-order valence-electron chi connectivity index (χ2n) is 5.25. The van der Waals surface area contributed by atoms with Crippen LogP contribution in [-0.4, -0.2) is 35.5 Å². The zero-order chi connectivity index (χ0) is 16.3. The molecule has 6 nitrogen and oxygen atoms in total. The van der Waals surface area contributed by atoms with Crippen LogP contribution in [0.2, 0.25) is 0 Å². The number of hydrogen-bond donors (Lipinski definition) is 2. The van der Waals surface area contributed by atoms with Crippen molar-refractivity contribution < 1.29 is 24.2 Å². The van der Waals surface area contributed by atoms with E-state index in [0.717, 1.165) is 32.1 Å². The van der Waals surface area contributed by atoms with E-state index in [4.69, 9.17) is 15.6 Å². The number of ether oxygens (including phenoxy) is 1. The molecule has 0 saturated heterocycles. The molecule has 0 aliphatic carbocycles. The van der Waals surface area contributed by atoms with E-state index in [2.05, 4.69) is 6.92 Å². The first kappa shape index (κ1) is 19.6. The van der Waals surface area contributed by atoms with Crippen LogP contribution in [-0.2, 0) is 19.1 Å². The molecule has 0 heterocycles. The molecule has 0 aromatic carbocycles. The van der Waals surface area contributed by atoms with Gasteiger partial charge in [-0.05, 0) is 13.3 Å². The Morgan fingerprint density at radius 1 is 1.14 bits per heavy atom. The van der Waals surface area contributed by atoms with Gasteiger partial charge >= 0.3 is 11.9 Å². The van der Waals surface area contributed by atoms with E-state index in [0.29, 0.717) is 0 Å². The number of carboxylic acids is 1. The third-order valence-electron chi connectivity index (χ3n) is 3.36. The van der Waals surface area contributed by atoms with E-state index in [9.17, 15) is 14.4 Å². The summed E-state index contributed by atoms with van der Waals surface area (Å²) in [5.41, 5.74) is 5.18. The number of carbonyl (C=O) groups is 3. The molecular formula is C15H27NO5. The monoisotopic (exact) mass is 301 g/mol. The molecule has 21 heavy (non-hydrogen) atoms. The van der Waals surface area contributed by atoms with Crippen molar-refractivity contribution in [3.63, 3.8) is 0 Å². The Balaban J connectivity index is 4.16. The predicted molar refractivity (Wildman–Crippen MR) is 78.7 cm³/mol. The van der Waals surface area contributed by atoms with Crippen LogP contribution in [0.25, 0.3) is 0 Å². The lowest BCUT2D eigenvalue weighted by atomic mass is 9.97. The smallest absolute Gasteiger partial charge is 0.310 e. The maximum atomic E-state index is 11.6. The molecule has 0 bridgehead atoms. The van der Waals surface area contributed by atoms with Gasteiger partial charge in [-0.15, -0.1) is 0 Å². The minimum Gasteiger partial charge on any atom is -0.481 e. The van der Waals surface area contributed by atoms with E-state index in [1.165, 1.54) is 6.92 Å². The van der Waals surface area contributed by atoms with Gasteiger partial charge in [0.25, 0.3) is 0 Å². The van der Waals surface area contributed by atoms with Gasteiger partial charge in [-0.2, -0.15) is 0 Å². The molecule has 0 saturated carbocycles. The van der Waals surface area contributed by atoms with E-state index >= 15 is 0 Å². The Morgan fingerprint density at radius 3 is 2.29 bits per heavy atom. The Kier molecular flexibility index (Phi) is 10.5. The Labute approximate surface area is 126 Å². The minimum atomic E-state index is -1.15. The summed E-state index contributed by atoms with van der Waals surface area (Å²) >= 11 is 0. The molecule has 0 fully saturated rings. The van der Waals surface area contributed by atoms with Crippen LogP contribution < -0.4 is 5.73 Å². The number of unbranched alkanes of at least 4 members (excludes halogenated alkanes) is 4. The maximum Gasteiger partial charge on any atom is 0.310 e. The SMILES string of the molecule is CCCCCCCC(=O)OC(C)C(CC(=O)CN)C(=O)O. The van der Waals surface area contributed by atoms with Crippen molar-refractivity contribution in [2.45, 2.75) is 64.9 Å². The minimum absolute atomic E-state index is 0.206. The molecule has 0 spiro atoms. The lowest BCUT2D eigenvalue weighted by Crippen LogP contribution is -2.33. The first-order valence-electron chi connectivity index (χ1n) is 7.56. The highest BCUT2D eigenvalue weighted by Crippen LogP contribution is 2.15. The quantitative estimate of drug-likeness (QED) is 0.421. The summed E-state index contributed by atoms with van der Waals surface area (Å²) in [6.45, 7) is 3.41. The summed E-state index contributed by atoms with van der Waals surface area (Å²) in [4.78, 5) is 34.0. The Morgan fingerprint density at radius 2 is 1.76 bits per heavy atom. The third kappa shape index (κ3) is 9.18. The molecule has 0 aliphatic rings. The first-order chi connectivity index (χ1) is 9.92. The molecule has 2 unspecified atom stereocenters. The molecule has 6 heteroatoms. The number of nitrogens with two attached hydrogens (primary N) is 1. The van der Waals surface area contributed by atoms with E-state index in [1.807, 2.05) is 0 Å². The predicted octanol–water partition coefficient (Wildman–Crippen LogP) is 1.90. The van der Waals surface area contributed by atoms with Gasteiger partial charge < -0.3 is 15.6 Å². The standard InChI is InChI=1S/C15H27NO5/c1-3-4-5-6-7-8-14(18)21-11(2)13(15(19)20)9-12(17)10-16/h11,13H,3-10,16H2,1-2H3,(H,19,20). The average Bonchev–Trinajstić information content (AvgIpc) is 2.43. The summed E-state index contributed by atoms with van der Waals surface area (Å²) in [5.74, 6) is -2.96. The number of rotatable bonds is 12. The molecule has 0 radical (unpaired) electrons. The molecule has 0 aliphatic heterocycles. The van der Waals surface area contributed by atoms with Gasteiger partial charge in [0, 0.05) is 12.8 Å². The molecule has 2 atom stereocenters. The van der Waals surface area contributed by atoms with Crippen LogP contribution in [0.1, 0.15) is 58.8 Å². The van der Waals surface area contributed by atoms with Gasteiger partial charge in [0.1, 0.15) is 17.8 Å². The Hall–Kier alpha value is -1.43. The first-order valence-corrected chi connectivity index (χ1v) is 7.56. The normalized spacial score (nSPS) is 13.5. The Bertz CT molecular complexity index is 343. The summed E-state index contributed by atoms with van der Waals surface area (Å²) in [7, 11) is 0. The lowest BCUT2D eigenvalue weighted by Gasteiger charge is -2.20. The molecule has 122 valence electrons. The number of hydrogen-bond acceptors (Lipinski definition) is 5. The van der Waals surface area contributed by atoms with Crippen molar-refractivity contribution in [2.24, 2.45) is 11.7 Å². The summed E-state index contributed by atoms with van der Waals surface area (Å²) in [5, 5.41) is 9.09. The number of Topliss-reactive ketones (excluding diaryl/α,β-unsaturated/α-hetero) is 1. The molecule has 0 aromatic rings. The fourth-order valence-electron chi connectivity index (χ4n) is 2.00. The van der Waals surface area contributed by atoms with E-state index in [1.54, 1.807) is 0 Å². The number of esters is 1. The van der Waals surface area contributed by atoms with Crippen molar-refractivity contribution in [3.05, 3.63) is 0 Å². The maximum absolute atomic E-state index is 11.6. The van der Waals surface area contributed by atoms with Crippen LogP contribution in [0, 0.1) is 5.92 Å². The van der Waals surface area contributed by atoms with Crippen LogP contribution in [0.4, 0.5) is 0 Å². The summed E-state index contributed by atoms with van der Waals surface area (Å²) in [6, 6.07) is 0.